The third-order valence-electron chi connectivity index (χ3n) is 4.06. The van der Waals surface area contributed by atoms with Gasteiger partial charge in [-0.05, 0) is 33.6 Å². The van der Waals surface area contributed by atoms with E-state index < -0.39 is 17.4 Å². The Hall–Kier alpha value is -1.79. The molecule has 1 saturated heterocycles. The van der Waals surface area contributed by atoms with Crippen LogP contribution in [0.3, 0.4) is 0 Å². The van der Waals surface area contributed by atoms with Crippen molar-refractivity contribution in [2.75, 3.05) is 26.7 Å². The topological polar surface area (TPSA) is 90.0 Å². The molecular weight excluding hydrogens is 274 g/mol. The van der Waals surface area contributed by atoms with E-state index in [1.54, 1.807) is 20.9 Å². The molecule has 0 aromatic carbocycles. The molecule has 1 aliphatic heterocycles. The van der Waals surface area contributed by atoms with E-state index in [0.29, 0.717) is 25.9 Å². The highest BCUT2D eigenvalue weighted by Crippen LogP contribution is 2.29. The quantitative estimate of drug-likeness (QED) is 0.801. The number of carbonyl (C=O) groups excluding carboxylic acids is 2. The second-order valence-corrected chi connectivity index (χ2v) is 5.91. The molecule has 2 N–H and O–H groups in total. The van der Waals surface area contributed by atoms with Gasteiger partial charge in [-0.2, -0.15) is 0 Å². The Balaban J connectivity index is 2.63. The SMILES string of the molecule is CCN(C)C(=O)C(C)NC(=O)N1CCCC(C)(C(=O)O)C1. The summed E-state index contributed by atoms with van der Waals surface area (Å²) in [4.78, 5) is 38.4. The molecule has 0 aromatic rings. The van der Waals surface area contributed by atoms with Crippen LogP contribution in [0.4, 0.5) is 4.79 Å². The minimum Gasteiger partial charge on any atom is -0.481 e. The van der Waals surface area contributed by atoms with Gasteiger partial charge in [0.05, 0.1) is 5.41 Å². The van der Waals surface area contributed by atoms with Crippen LogP contribution in [-0.2, 0) is 9.59 Å². The van der Waals surface area contributed by atoms with E-state index in [-0.39, 0.29) is 18.5 Å². The zero-order valence-corrected chi connectivity index (χ0v) is 13.2. The van der Waals surface area contributed by atoms with Crippen LogP contribution in [0.25, 0.3) is 0 Å². The van der Waals surface area contributed by atoms with Crippen LogP contribution in [0.2, 0.25) is 0 Å². The molecule has 1 heterocycles. The van der Waals surface area contributed by atoms with Gasteiger partial charge in [-0.1, -0.05) is 0 Å². The second-order valence-electron chi connectivity index (χ2n) is 5.91. The summed E-state index contributed by atoms with van der Waals surface area (Å²) < 4.78 is 0. The fraction of sp³-hybridized carbons (Fsp3) is 0.786. The van der Waals surface area contributed by atoms with Gasteiger partial charge in [0, 0.05) is 26.7 Å². The number of piperidine rings is 1. The van der Waals surface area contributed by atoms with Crippen molar-refractivity contribution in [1.82, 2.24) is 15.1 Å². The summed E-state index contributed by atoms with van der Waals surface area (Å²) >= 11 is 0. The lowest BCUT2D eigenvalue weighted by Crippen LogP contribution is -2.55. The summed E-state index contributed by atoms with van der Waals surface area (Å²) in [5.41, 5.74) is -0.914. The lowest BCUT2D eigenvalue weighted by atomic mass is 9.82. The average Bonchev–Trinajstić information content (AvgIpc) is 2.45. The molecule has 2 unspecified atom stereocenters. The van der Waals surface area contributed by atoms with Gasteiger partial charge in [-0.25, -0.2) is 4.79 Å². The maximum absolute atomic E-state index is 12.2. The Morgan fingerprint density at radius 1 is 1.43 bits per heavy atom. The Morgan fingerprint density at radius 2 is 2.05 bits per heavy atom. The molecule has 1 fully saturated rings. The first kappa shape index (κ1) is 17.3. The van der Waals surface area contributed by atoms with Crippen molar-refractivity contribution in [3.63, 3.8) is 0 Å². The fourth-order valence-corrected chi connectivity index (χ4v) is 2.41. The molecule has 3 amide bonds. The molecule has 0 saturated carbocycles. The van der Waals surface area contributed by atoms with E-state index in [4.69, 9.17) is 0 Å². The predicted octanol–water partition coefficient (Wildman–Crippen LogP) is 0.750. The van der Waals surface area contributed by atoms with Crippen LogP contribution in [-0.4, -0.2) is 65.5 Å². The predicted molar refractivity (Wildman–Crippen MR) is 77.9 cm³/mol. The monoisotopic (exact) mass is 299 g/mol. The summed E-state index contributed by atoms with van der Waals surface area (Å²) in [5, 5.41) is 11.9. The summed E-state index contributed by atoms with van der Waals surface area (Å²) in [5.74, 6) is -1.06. The molecule has 120 valence electrons. The lowest BCUT2D eigenvalue weighted by molar-refractivity contribution is -0.150. The largest absolute Gasteiger partial charge is 0.481 e. The van der Waals surface area contributed by atoms with Crippen molar-refractivity contribution >= 4 is 17.9 Å². The highest BCUT2D eigenvalue weighted by molar-refractivity contribution is 5.87. The molecule has 0 radical (unpaired) electrons. The second kappa shape index (κ2) is 6.78. The molecule has 0 spiro atoms. The first-order chi connectivity index (χ1) is 9.71. The molecule has 7 heteroatoms. The molecular formula is C14H25N3O4. The van der Waals surface area contributed by atoms with E-state index in [1.807, 2.05) is 6.92 Å². The van der Waals surface area contributed by atoms with Crippen molar-refractivity contribution in [3.05, 3.63) is 0 Å². The maximum atomic E-state index is 12.2. The number of hydrogen-bond donors (Lipinski definition) is 2. The van der Waals surface area contributed by atoms with E-state index in [1.165, 1.54) is 9.80 Å². The van der Waals surface area contributed by atoms with Gasteiger partial charge in [0.1, 0.15) is 6.04 Å². The maximum Gasteiger partial charge on any atom is 0.318 e. The first-order valence-electron chi connectivity index (χ1n) is 7.25. The Bertz CT molecular complexity index is 426. The number of likely N-dealkylation sites (tertiary alicyclic amines) is 1. The third kappa shape index (κ3) is 4.09. The highest BCUT2D eigenvalue weighted by Gasteiger charge is 2.39. The van der Waals surface area contributed by atoms with E-state index in [2.05, 4.69) is 5.32 Å². The smallest absolute Gasteiger partial charge is 0.318 e. The number of nitrogens with one attached hydrogen (secondary N) is 1. The molecule has 0 aromatic heterocycles. The third-order valence-corrected chi connectivity index (χ3v) is 4.06. The van der Waals surface area contributed by atoms with Crippen molar-refractivity contribution in [3.8, 4) is 0 Å². The Kier molecular flexibility index (Phi) is 5.57. The number of hydrogen-bond acceptors (Lipinski definition) is 3. The van der Waals surface area contributed by atoms with Gasteiger partial charge in [-0.3, -0.25) is 9.59 Å². The highest BCUT2D eigenvalue weighted by atomic mass is 16.4. The molecule has 1 rings (SSSR count). The van der Waals surface area contributed by atoms with E-state index in [0.717, 1.165) is 0 Å². The van der Waals surface area contributed by atoms with Crippen molar-refractivity contribution < 1.29 is 19.5 Å². The zero-order valence-electron chi connectivity index (χ0n) is 13.2. The molecule has 2 atom stereocenters. The van der Waals surface area contributed by atoms with Crippen LogP contribution < -0.4 is 5.32 Å². The van der Waals surface area contributed by atoms with Gasteiger partial charge in [-0.15, -0.1) is 0 Å². The van der Waals surface area contributed by atoms with Crippen molar-refractivity contribution in [1.29, 1.82) is 0 Å². The van der Waals surface area contributed by atoms with Crippen LogP contribution in [0, 0.1) is 5.41 Å². The molecule has 7 nitrogen and oxygen atoms in total. The summed E-state index contributed by atoms with van der Waals surface area (Å²) in [6, 6.07) is -1.01. The minimum absolute atomic E-state index is 0.163. The molecule has 1 aliphatic rings. The lowest BCUT2D eigenvalue weighted by Gasteiger charge is -2.38. The number of aliphatic carboxylic acids is 1. The zero-order chi connectivity index (χ0) is 16.2. The summed E-state index contributed by atoms with van der Waals surface area (Å²) in [6.07, 6.45) is 1.20. The summed E-state index contributed by atoms with van der Waals surface area (Å²) in [7, 11) is 1.67. The first-order valence-corrected chi connectivity index (χ1v) is 7.25. The Morgan fingerprint density at radius 3 is 2.57 bits per heavy atom. The van der Waals surface area contributed by atoms with Crippen LogP contribution in [0.15, 0.2) is 0 Å². The molecule has 0 aliphatic carbocycles. The van der Waals surface area contributed by atoms with Gasteiger partial charge in [0.25, 0.3) is 0 Å². The molecule has 21 heavy (non-hydrogen) atoms. The van der Waals surface area contributed by atoms with E-state index in [9.17, 15) is 19.5 Å². The number of amides is 3. The number of nitrogens with zero attached hydrogens (tertiary/aromatic N) is 2. The number of carboxylic acid groups (broad SMARTS) is 1. The van der Waals surface area contributed by atoms with E-state index >= 15 is 0 Å². The number of carboxylic acids is 1. The van der Waals surface area contributed by atoms with Crippen LogP contribution in [0.1, 0.15) is 33.6 Å². The number of rotatable bonds is 4. The van der Waals surface area contributed by atoms with Gasteiger partial charge >= 0.3 is 12.0 Å². The normalized spacial score (nSPS) is 23.3. The average molecular weight is 299 g/mol. The fourth-order valence-electron chi connectivity index (χ4n) is 2.41. The number of carbonyl (C=O) groups is 3. The summed E-state index contributed by atoms with van der Waals surface area (Å²) in [6.45, 7) is 6.38. The number of urea groups is 1. The molecule has 0 bridgehead atoms. The standard InChI is InChI=1S/C14H25N3O4/c1-5-16(4)11(18)10(2)15-13(21)17-8-6-7-14(3,9-17)12(19)20/h10H,5-9H2,1-4H3,(H,15,21)(H,19,20). The van der Waals surface area contributed by atoms with Gasteiger partial charge in [0.15, 0.2) is 0 Å². The Labute approximate surface area is 125 Å². The minimum atomic E-state index is -0.914. The van der Waals surface area contributed by atoms with Crippen LogP contribution >= 0.6 is 0 Å². The number of likely N-dealkylation sites (N-methyl/N-ethyl adjacent to an activating group) is 1. The van der Waals surface area contributed by atoms with Crippen molar-refractivity contribution in [2.24, 2.45) is 5.41 Å². The van der Waals surface area contributed by atoms with Crippen molar-refractivity contribution in [2.45, 2.75) is 39.7 Å². The van der Waals surface area contributed by atoms with Crippen LogP contribution in [0.5, 0.6) is 0 Å². The van der Waals surface area contributed by atoms with Gasteiger partial charge < -0.3 is 20.2 Å². The van der Waals surface area contributed by atoms with Gasteiger partial charge in [0.2, 0.25) is 5.91 Å².